The molecule has 25 heavy (non-hydrogen) atoms. The normalized spacial score (nSPS) is 23.4. The Morgan fingerprint density at radius 3 is 2.80 bits per heavy atom. The fraction of sp³-hybridized carbons (Fsp3) is 0.500. The van der Waals surface area contributed by atoms with Gasteiger partial charge in [0.1, 0.15) is 0 Å². The predicted octanol–water partition coefficient (Wildman–Crippen LogP) is 3.28. The summed E-state index contributed by atoms with van der Waals surface area (Å²) >= 11 is 0. The van der Waals surface area contributed by atoms with Gasteiger partial charge in [0.25, 0.3) is 5.91 Å². The zero-order valence-corrected chi connectivity index (χ0v) is 15.1. The number of amides is 1. The van der Waals surface area contributed by atoms with Gasteiger partial charge in [0.2, 0.25) is 0 Å². The lowest BCUT2D eigenvalue weighted by molar-refractivity contribution is -0.125. The molecule has 0 saturated heterocycles. The number of ether oxygens (including phenoxy) is 1. The molecule has 1 aliphatic carbocycles. The van der Waals surface area contributed by atoms with Gasteiger partial charge in [-0.3, -0.25) is 4.79 Å². The number of aromatic nitrogens is 1. The van der Waals surface area contributed by atoms with E-state index in [0.29, 0.717) is 17.4 Å². The third kappa shape index (κ3) is 3.70. The molecule has 1 aromatic carbocycles. The average Bonchev–Trinajstić information content (AvgIpc) is 2.94. The van der Waals surface area contributed by atoms with Gasteiger partial charge in [-0.2, -0.15) is 0 Å². The van der Waals surface area contributed by atoms with Crippen molar-refractivity contribution in [1.29, 1.82) is 0 Å². The Balaban J connectivity index is 1.59. The number of benzene rings is 1. The van der Waals surface area contributed by atoms with Crippen molar-refractivity contribution in [1.82, 2.24) is 9.88 Å². The number of hydrogen-bond acceptors (Lipinski definition) is 3. The number of nitrogens with zero attached hydrogens (tertiary/aromatic N) is 1. The highest BCUT2D eigenvalue weighted by Gasteiger charge is 2.28. The van der Waals surface area contributed by atoms with Crippen molar-refractivity contribution in [3.8, 4) is 0 Å². The van der Waals surface area contributed by atoms with Crippen molar-refractivity contribution < 1.29 is 14.3 Å². The standard InChI is InChI=1S/C20H26N2O3/c1-13-7-6-9-17(14(13)2)21-19(23)12-25-20(24)16-11-22(3)18-10-5-4-8-15(16)18/h4-5,8,10-11,13-14,17H,6-7,9,12H2,1-3H3,(H,21,23)/t13-,14-,17+/m1/s1. The smallest absolute Gasteiger partial charge is 0.340 e. The second kappa shape index (κ2) is 7.30. The molecular formula is C20H26N2O3. The van der Waals surface area contributed by atoms with Crippen molar-refractivity contribution in [2.24, 2.45) is 18.9 Å². The number of nitrogens with one attached hydrogen (secondary N) is 1. The minimum Gasteiger partial charge on any atom is -0.452 e. The zero-order valence-electron chi connectivity index (χ0n) is 15.1. The molecule has 1 fully saturated rings. The summed E-state index contributed by atoms with van der Waals surface area (Å²) in [6.45, 7) is 4.17. The molecule has 3 atom stereocenters. The summed E-state index contributed by atoms with van der Waals surface area (Å²) in [5, 5.41) is 3.86. The van der Waals surface area contributed by atoms with Crippen LogP contribution in [0.4, 0.5) is 0 Å². The Morgan fingerprint density at radius 1 is 1.24 bits per heavy atom. The lowest BCUT2D eigenvalue weighted by Gasteiger charge is -2.34. The summed E-state index contributed by atoms with van der Waals surface area (Å²) in [5.74, 6) is 0.375. The summed E-state index contributed by atoms with van der Waals surface area (Å²) in [6, 6.07) is 7.82. The van der Waals surface area contributed by atoms with E-state index in [4.69, 9.17) is 4.74 Å². The fourth-order valence-electron chi connectivity index (χ4n) is 3.75. The molecule has 1 aromatic heterocycles. The summed E-state index contributed by atoms with van der Waals surface area (Å²) in [7, 11) is 1.89. The Kier molecular flexibility index (Phi) is 5.11. The second-order valence-corrected chi connectivity index (χ2v) is 7.19. The summed E-state index contributed by atoms with van der Waals surface area (Å²) in [4.78, 5) is 24.5. The van der Waals surface area contributed by atoms with E-state index >= 15 is 0 Å². The van der Waals surface area contributed by atoms with Crippen molar-refractivity contribution in [3.05, 3.63) is 36.0 Å². The van der Waals surface area contributed by atoms with Gasteiger partial charge >= 0.3 is 5.97 Å². The first-order valence-corrected chi connectivity index (χ1v) is 8.98. The van der Waals surface area contributed by atoms with Crippen LogP contribution in [0, 0.1) is 11.8 Å². The molecule has 1 amide bonds. The summed E-state index contributed by atoms with van der Waals surface area (Å²) in [6.07, 6.45) is 5.08. The van der Waals surface area contributed by atoms with E-state index in [9.17, 15) is 9.59 Å². The highest BCUT2D eigenvalue weighted by molar-refractivity contribution is 6.04. The number of hydrogen-bond donors (Lipinski definition) is 1. The Hall–Kier alpha value is -2.30. The number of carbonyl (C=O) groups is 2. The maximum absolute atomic E-state index is 12.4. The molecule has 0 aliphatic heterocycles. The van der Waals surface area contributed by atoms with Crippen molar-refractivity contribution in [2.75, 3.05) is 6.61 Å². The van der Waals surface area contributed by atoms with E-state index in [2.05, 4.69) is 19.2 Å². The van der Waals surface area contributed by atoms with E-state index in [-0.39, 0.29) is 18.6 Å². The highest BCUT2D eigenvalue weighted by Crippen LogP contribution is 2.29. The van der Waals surface area contributed by atoms with E-state index in [1.165, 1.54) is 6.42 Å². The molecule has 2 aromatic rings. The maximum atomic E-state index is 12.4. The molecule has 5 nitrogen and oxygen atoms in total. The van der Waals surface area contributed by atoms with Gasteiger partial charge in [-0.15, -0.1) is 0 Å². The van der Waals surface area contributed by atoms with Crippen LogP contribution in [-0.4, -0.2) is 29.1 Å². The van der Waals surface area contributed by atoms with Gasteiger partial charge in [0.15, 0.2) is 6.61 Å². The molecule has 0 spiro atoms. The van der Waals surface area contributed by atoms with E-state index < -0.39 is 5.97 Å². The number of carbonyl (C=O) groups excluding carboxylic acids is 2. The molecule has 1 N–H and O–H groups in total. The highest BCUT2D eigenvalue weighted by atomic mass is 16.5. The largest absolute Gasteiger partial charge is 0.452 e. The maximum Gasteiger partial charge on any atom is 0.340 e. The quantitative estimate of drug-likeness (QED) is 0.868. The van der Waals surface area contributed by atoms with Gasteiger partial charge in [-0.05, 0) is 24.3 Å². The van der Waals surface area contributed by atoms with Gasteiger partial charge < -0.3 is 14.6 Å². The van der Waals surface area contributed by atoms with Crippen LogP contribution in [0.3, 0.4) is 0 Å². The molecule has 3 rings (SSSR count). The number of esters is 1. The first kappa shape index (κ1) is 17.5. The first-order valence-electron chi connectivity index (χ1n) is 8.98. The molecule has 0 bridgehead atoms. The third-order valence-electron chi connectivity index (χ3n) is 5.50. The second-order valence-electron chi connectivity index (χ2n) is 7.19. The van der Waals surface area contributed by atoms with Crippen LogP contribution >= 0.6 is 0 Å². The van der Waals surface area contributed by atoms with Crippen LogP contribution in [0.15, 0.2) is 30.5 Å². The van der Waals surface area contributed by atoms with Crippen LogP contribution < -0.4 is 5.32 Å². The van der Waals surface area contributed by atoms with Crippen molar-refractivity contribution in [3.63, 3.8) is 0 Å². The van der Waals surface area contributed by atoms with Crippen LogP contribution in [0.5, 0.6) is 0 Å². The Bertz CT molecular complexity index is 780. The number of rotatable bonds is 4. The molecule has 0 radical (unpaired) electrons. The topological polar surface area (TPSA) is 60.3 Å². The van der Waals surface area contributed by atoms with Crippen molar-refractivity contribution in [2.45, 2.75) is 39.2 Å². The zero-order chi connectivity index (χ0) is 18.0. The lowest BCUT2D eigenvalue weighted by atomic mass is 9.78. The van der Waals surface area contributed by atoms with E-state index in [0.717, 1.165) is 23.7 Å². The van der Waals surface area contributed by atoms with Crippen LogP contribution in [0.2, 0.25) is 0 Å². The van der Waals surface area contributed by atoms with Gasteiger partial charge in [-0.25, -0.2) is 4.79 Å². The molecule has 0 unspecified atom stereocenters. The number of para-hydroxylation sites is 1. The minimum atomic E-state index is -0.461. The van der Waals surface area contributed by atoms with Gasteiger partial charge in [0, 0.05) is 30.2 Å². The third-order valence-corrected chi connectivity index (χ3v) is 5.50. The monoisotopic (exact) mass is 342 g/mol. The lowest BCUT2D eigenvalue weighted by Crippen LogP contribution is -2.45. The van der Waals surface area contributed by atoms with Crippen molar-refractivity contribution >= 4 is 22.8 Å². The summed E-state index contributed by atoms with van der Waals surface area (Å²) < 4.78 is 7.14. The molecule has 1 saturated carbocycles. The molecule has 134 valence electrons. The minimum absolute atomic E-state index is 0.174. The van der Waals surface area contributed by atoms with Crippen LogP contribution in [0.25, 0.3) is 10.9 Å². The number of aryl methyl sites for hydroxylation is 1. The number of fused-ring (bicyclic) bond motifs is 1. The average molecular weight is 342 g/mol. The van der Waals surface area contributed by atoms with Crippen LogP contribution in [-0.2, 0) is 16.6 Å². The van der Waals surface area contributed by atoms with Gasteiger partial charge in [-0.1, -0.05) is 44.9 Å². The fourth-order valence-corrected chi connectivity index (χ4v) is 3.75. The first-order chi connectivity index (χ1) is 12.0. The Labute approximate surface area is 148 Å². The van der Waals surface area contributed by atoms with Crippen LogP contribution in [0.1, 0.15) is 43.5 Å². The molecule has 5 heteroatoms. The Morgan fingerprint density at radius 2 is 2.00 bits per heavy atom. The van der Waals surface area contributed by atoms with E-state index in [1.54, 1.807) is 6.20 Å². The predicted molar refractivity (Wildman–Crippen MR) is 97.3 cm³/mol. The molecular weight excluding hydrogens is 316 g/mol. The van der Waals surface area contributed by atoms with Gasteiger partial charge in [0.05, 0.1) is 5.56 Å². The molecule has 1 aliphatic rings. The SMILES string of the molecule is C[C@@H]1[C@H](C)CCC[C@@H]1NC(=O)COC(=O)c1cn(C)c2ccccc12. The molecule has 1 heterocycles. The van der Waals surface area contributed by atoms with E-state index in [1.807, 2.05) is 35.9 Å². The summed E-state index contributed by atoms with van der Waals surface area (Å²) in [5.41, 5.74) is 1.45.